The smallest absolute Gasteiger partial charge is 0.270 e. The van der Waals surface area contributed by atoms with Crippen LogP contribution in [0.15, 0.2) is 66.7 Å². The van der Waals surface area contributed by atoms with Gasteiger partial charge < -0.3 is 4.74 Å². The van der Waals surface area contributed by atoms with Crippen molar-refractivity contribution in [2.75, 3.05) is 0 Å². The number of ether oxygens (including phenoxy) is 1. The van der Waals surface area contributed by atoms with Gasteiger partial charge in [0.05, 0.1) is 22.1 Å². The van der Waals surface area contributed by atoms with E-state index in [0.29, 0.717) is 11.8 Å². The first-order valence-corrected chi connectivity index (χ1v) is 8.07. The Balaban J connectivity index is 1.75. The summed E-state index contributed by atoms with van der Waals surface area (Å²) in [5, 5.41) is 20.0. The molecule has 3 rings (SSSR count). The number of nitrogens with zero attached hydrogens (tertiary/aromatic N) is 2. The molecule has 0 saturated carbocycles. The topological polar surface area (TPSA) is 93.2 Å². The van der Waals surface area contributed by atoms with Crippen LogP contribution in [0.4, 0.5) is 5.69 Å². The Kier molecular flexibility index (Phi) is 5.24. The van der Waals surface area contributed by atoms with Gasteiger partial charge in [-0.05, 0) is 28.8 Å². The van der Waals surface area contributed by atoms with E-state index in [1.54, 1.807) is 6.07 Å². The van der Waals surface area contributed by atoms with Gasteiger partial charge in [-0.1, -0.05) is 42.5 Å². The molecule has 132 valence electrons. The molecule has 0 radical (unpaired) electrons. The van der Waals surface area contributed by atoms with Gasteiger partial charge in [-0.2, -0.15) is 5.26 Å². The molecule has 0 spiro atoms. The molecule has 0 aliphatic heterocycles. The van der Waals surface area contributed by atoms with E-state index >= 15 is 0 Å². The molecule has 27 heavy (non-hydrogen) atoms. The van der Waals surface area contributed by atoms with Gasteiger partial charge in [-0.15, -0.1) is 0 Å². The third kappa shape index (κ3) is 3.99. The first-order chi connectivity index (χ1) is 13.1. The van der Waals surface area contributed by atoms with Crippen LogP contribution in [0.2, 0.25) is 0 Å². The van der Waals surface area contributed by atoms with Crippen molar-refractivity contribution in [3.05, 3.63) is 93.5 Å². The van der Waals surface area contributed by atoms with Crippen LogP contribution < -0.4 is 4.74 Å². The van der Waals surface area contributed by atoms with Crippen molar-refractivity contribution in [3.63, 3.8) is 0 Å². The summed E-state index contributed by atoms with van der Waals surface area (Å²) < 4.78 is 5.63. The molecule has 0 aliphatic carbocycles. The van der Waals surface area contributed by atoms with E-state index in [2.05, 4.69) is 6.07 Å². The Morgan fingerprint density at radius 2 is 1.81 bits per heavy atom. The van der Waals surface area contributed by atoms with Gasteiger partial charge in [0.2, 0.25) is 0 Å². The molecule has 0 aromatic heterocycles. The van der Waals surface area contributed by atoms with Gasteiger partial charge in [-0.25, -0.2) is 0 Å². The van der Waals surface area contributed by atoms with Gasteiger partial charge in [0.15, 0.2) is 6.29 Å². The normalized spacial score (nSPS) is 10.0. The quantitative estimate of drug-likeness (QED) is 0.367. The zero-order chi connectivity index (χ0) is 19.2. The highest BCUT2D eigenvalue weighted by Crippen LogP contribution is 2.26. The summed E-state index contributed by atoms with van der Waals surface area (Å²) in [7, 11) is 0. The van der Waals surface area contributed by atoms with Gasteiger partial charge in [0, 0.05) is 12.1 Å². The van der Waals surface area contributed by atoms with Crippen LogP contribution in [0.3, 0.4) is 0 Å². The van der Waals surface area contributed by atoms with Crippen molar-refractivity contribution in [3.8, 4) is 22.9 Å². The van der Waals surface area contributed by atoms with E-state index in [9.17, 15) is 20.2 Å². The van der Waals surface area contributed by atoms with Gasteiger partial charge in [0.1, 0.15) is 12.4 Å². The number of hydrogen-bond acceptors (Lipinski definition) is 5. The Morgan fingerprint density at radius 3 is 2.48 bits per heavy atom. The minimum absolute atomic E-state index is 0.128. The largest absolute Gasteiger partial charge is 0.488 e. The molecule has 0 aliphatic rings. The molecule has 0 atom stereocenters. The van der Waals surface area contributed by atoms with Crippen LogP contribution in [0.1, 0.15) is 21.5 Å². The number of nitro groups is 1. The van der Waals surface area contributed by atoms with Crippen LogP contribution in [0, 0.1) is 21.4 Å². The first kappa shape index (κ1) is 17.8. The highest BCUT2D eigenvalue weighted by molar-refractivity contribution is 5.80. The average Bonchev–Trinajstić information content (AvgIpc) is 2.72. The maximum atomic E-state index is 11.1. The van der Waals surface area contributed by atoms with Crippen LogP contribution in [0.5, 0.6) is 5.75 Å². The summed E-state index contributed by atoms with van der Waals surface area (Å²) in [5.74, 6) is 0.287. The number of carbonyl (C=O) groups is 1. The number of hydrogen-bond donors (Lipinski definition) is 0. The predicted octanol–water partition coefficient (Wildman–Crippen LogP) is 4.52. The summed E-state index contributed by atoms with van der Waals surface area (Å²) in [6, 6.07) is 20.9. The lowest BCUT2D eigenvalue weighted by Crippen LogP contribution is -1.99. The number of nitro benzene ring substituents is 1. The third-order valence-corrected chi connectivity index (χ3v) is 4.04. The van der Waals surface area contributed by atoms with Crippen molar-refractivity contribution < 1.29 is 14.5 Å². The monoisotopic (exact) mass is 358 g/mol. The van der Waals surface area contributed by atoms with Crippen LogP contribution in [-0.4, -0.2) is 11.2 Å². The zero-order valence-corrected chi connectivity index (χ0v) is 14.2. The molecular formula is C21H14N2O4. The predicted molar refractivity (Wildman–Crippen MR) is 99.4 cm³/mol. The second-order valence-corrected chi connectivity index (χ2v) is 5.74. The second kappa shape index (κ2) is 7.93. The average molecular weight is 358 g/mol. The Hall–Kier alpha value is -3.98. The molecule has 0 heterocycles. The highest BCUT2D eigenvalue weighted by Gasteiger charge is 2.11. The Labute approximate surface area is 155 Å². The van der Waals surface area contributed by atoms with E-state index < -0.39 is 4.92 Å². The second-order valence-electron chi connectivity index (χ2n) is 5.74. The van der Waals surface area contributed by atoms with Crippen molar-refractivity contribution in [1.29, 1.82) is 5.26 Å². The minimum atomic E-state index is -0.561. The minimum Gasteiger partial charge on any atom is -0.488 e. The molecule has 0 amide bonds. The van der Waals surface area contributed by atoms with E-state index in [1.165, 1.54) is 18.2 Å². The molecule has 0 N–H and O–H groups in total. The summed E-state index contributed by atoms with van der Waals surface area (Å²) in [6.07, 6.45) is 0.532. The van der Waals surface area contributed by atoms with E-state index in [0.717, 1.165) is 16.7 Å². The van der Waals surface area contributed by atoms with Gasteiger partial charge in [0.25, 0.3) is 5.69 Å². The van der Waals surface area contributed by atoms with Crippen molar-refractivity contribution in [2.24, 2.45) is 0 Å². The fourth-order valence-electron chi connectivity index (χ4n) is 2.65. The fraction of sp³-hybridized carbons (Fsp3) is 0.0476. The maximum absolute atomic E-state index is 11.1. The molecule has 0 bridgehead atoms. The number of carbonyl (C=O) groups excluding carboxylic acids is 1. The summed E-state index contributed by atoms with van der Waals surface area (Å²) in [6.45, 7) is 0.207. The molecular weight excluding hydrogens is 344 g/mol. The molecule has 3 aromatic rings. The van der Waals surface area contributed by atoms with Crippen LogP contribution >= 0.6 is 0 Å². The van der Waals surface area contributed by atoms with Crippen molar-refractivity contribution in [1.82, 2.24) is 0 Å². The number of aldehydes is 1. The summed E-state index contributed by atoms with van der Waals surface area (Å²) >= 11 is 0. The molecule has 0 unspecified atom stereocenters. The van der Waals surface area contributed by atoms with Crippen molar-refractivity contribution >= 4 is 12.0 Å². The lowest BCUT2D eigenvalue weighted by atomic mass is 9.99. The molecule has 0 saturated heterocycles. The van der Waals surface area contributed by atoms with Crippen LogP contribution in [0.25, 0.3) is 11.1 Å². The number of benzene rings is 3. The Bertz CT molecular complexity index is 1040. The fourth-order valence-corrected chi connectivity index (χ4v) is 2.65. The Morgan fingerprint density at radius 1 is 1.07 bits per heavy atom. The lowest BCUT2D eigenvalue weighted by Gasteiger charge is -2.09. The van der Waals surface area contributed by atoms with Crippen LogP contribution in [-0.2, 0) is 6.61 Å². The zero-order valence-electron chi connectivity index (χ0n) is 14.2. The molecule has 3 aromatic carbocycles. The molecule has 6 nitrogen and oxygen atoms in total. The summed E-state index contributed by atoms with van der Waals surface area (Å²) in [4.78, 5) is 21.4. The number of non-ortho nitro benzene ring substituents is 1. The summed E-state index contributed by atoms with van der Waals surface area (Å²) in [5.41, 5.74) is 3.20. The highest BCUT2D eigenvalue weighted by atomic mass is 16.6. The van der Waals surface area contributed by atoms with Gasteiger partial charge >= 0.3 is 0 Å². The first-order valence-electron chi connectivity index (χ1n) is 8.07. The van der Waals surface area contributed by atoms with E-state index in [4.69, 9.17) is 4.74 Å². The van der Waals surface area contributed by atoms with Crippen molar-refractivity contribution in [2.45, 2.75) is 6.61 Å². The lowest BCUT2D eigenvalue weighted by molar-refractivity contribution is -0.384. The van der Waals surface area contributed by atoms with Gasteiger partial charge in [-0.3, -0.25) is 14.9 Å². The standard InChI is InChI=1S/C21H14N2O4/c22-12-17-3-1-2-4-20(17)16-7-5-15(6-8-16)14-27-21-10-9-19(23(25)26)11-18(21)13-24/h1-11,13H,14H2. The molecule has 0 fully saturated rings. The number of rotatable bonds is 6. The SMILES string of the molecule is N#Cc1ccccc1-c1ccc(COc2ccc([N+](=O)[O-])cc2C=O)cc1. The number of nitriles is 1. The van der Waals surface area contributed by atoms with E-state index in [1.807, 2.05) is 42.5 Å². The van der Waals surface area contributed by atoms with E-state index in [-0.39, 0.29) is 23.6 Å². The molecule has 6 heteroatoms. The maximum Gasteiger partial charge on any atom is 0.270 e. The third-order valence-electron chi connectivity index (χ3n) is 4.04.